The normalized spacial score (nSPS) is 18.0. The molecule has 4 heterocycles. The summed E-state index contributed by atoms with van der Waals surface area (Å²) in [6, 6.07) is 4.70. The summed E-state index contributed by atoms with van der Waals surface area (Å²) in [6.45, 7) is 2.56. The fraction of sp³-hybridized carbons (Fsp3) is 0.412. The van der Waals surface area contributed by atoms with E-state index in [2.05, 4.69) is 15.2 Å². The first kappa shape index (κ1) is 15.6. The summed E-state index contributed by atoms with van der Waals surface area (Å²) in [6.07, 6.45) is 5.04. The van der Waals surface area contributed by atoms with Gasteiger partial charge >= 0.3 is 0 Å². The molecule has 1 saturated heterocycles. The zero-order valence-corrected chi connectivity index (χ0v) is 13.9. The Kier molecular flexibility index (Phi) is 3.87. The molecule has 130 valence electrons. The topological polar surface area (TPSA) is 96.5 Å². The number of nitrogens with zero attached hydrogens (tertiary/aromatic N) is 4. The quantitative estimate of drug-likeness (QED) is 0.785. The van der Waals surface area contributed by atoms with E-state index < -0.39 is 0 Å². The molecular weight excluding hydrogens is 322 g/mol. The molecule has 1 fully saturated rings. The van der Waals surface area contributed by atoms with Crippen LogP contribution in [0.2, 0.25) is 0 Å². The van der Waals surface area contributed by atoms with Crippen LogP contribution in [0, 0.1) is 0 Å². The van der Waals surface area contributed by atoms with Crippen molar-refractivity contribution in [3.05, 3.63) is 51.9 Å². The highest BCUT2D eigenvalue weighted by Crippen LogP contribution is 2.30. The number of fused-ring (bicyclic) bond motifs is 1. The van der Waals surface area contributed by atoms with Crippen LogP contribution in [0.1, 0.15) is 54.2 Å². The number of aromatic amines is 1. The van der Waals surface area contributed by atoms with Crippen LogP contribution in [0.15, 0.2) is 33.7 Å². The third-order valence-electron chi connectivity index (χ3n) is 4.63. The maximum absolute atomic E-state index is 12.9. The number of amides is 1. The molecular formula is C17H19N5O3. The molecule has 0 radical (unpaired) electrons. The molecule has 0 aromatic carbocycles. The average molecular weight is 341 g/mol. The first-order chi connectivity index (χ1) is 12.2. The number of likely N-dealkylation sites (tertiary alicyclic amines) is 1. The van der Waals surface area contributed by atoms with Crippen LogP contribution < -0.4 is 5.56 Å². The molecule has 1 aliphatic heterocycles. The summed E-state index contributed by atoms with van der Waals surface area (Å²) in [5.41, 5.74) is 1.30. The zero-order chi connectivity index (χ0) is 17.4. The molecule has 25 heavy (non-hydrogen) atoms. The SMILES string of the molecule is CCc1cc(C(=O)N2CCCC[C@H]2c2cc(=O)n3[nH]ccc3n2)no1. The van der Waals surface area contributed by atoms with Crippen molar-refractivity contribution in [2.45, 2.75) is 38.6 Å². The predicted molar refractivity (Wildman–Crippen MR) is 89.3 cm³/mol. The molecule has 3 aromatic rings. The molecule has 1 aliphatic rings. The van der Waals surface area contributed by atoms with Crippen molar-refractivity contribution in [3.63, 3.8) is 0 Å². The van der Waals surface area contributed by atoms with Gasteiger partial charge < -0.3 is 9.42 Å². The number of nitrogens with one attached hydrogen (secondary N) is 1. The molecule has 1 amide bonds. The number of hydrogen-bond donors (Lipinski definition) is 1. The van der Waals surface area contributed by atoms with Crippen molar-refractivity contribution in [1.29, 1.82) is 0 Å². The molecule has 4 rings (SSSR count). The van der Waals surface area contributed by atoms with Gasteiger partial charge in [0, 0.05) is 37.4 Å². The Hall–Kier alpha value is -2.90. The van der Waals surface area contributed by atoms with Gasteiger partial charge in [0.05, 0.1) is 11.7 Å². The predicted octanol–water partition coefficient (Wildman–Crippen LogP) is 1.94. The maximum atomic E-state index is 12.9. The van der Waals surface area contributed by atoms with Crippen LogP contribution in [0.3, 0.4) is 0 Å². The van der Waals surface area contributed by atoms with Crippen LogP contribution >= 0.6 is 0 Å². The fourth-order valence-electron chi connectivity index (χ4n) is 3.33. The number of carbonyl (C=O) groups excluding carboxylic acids is 1. The Labute approximate surface area is 143 Å². The largest absolute Gasteiger partial charge is 0.361 e. The van der Waals surface area contributed by atoms with Crippen molar-refractivity contribution in [2.24, 2.45) is 0 Å². The first-order valence-corrected chi connectivity index (χ1v) is 8.51. The van der Waals surface area contributed by atoms with Gasteiger partial charge in [-0.2, -0.15) is 0 Å². The van der Waals surface area contributed by atoms with Crippen molar-refractivity contribution < 1.29 is 9.32 Å². The van der Waals surface area contributed by atoms with Gasteiger partial charge in [0.25, 0.3) is 11.5 Å². The van der Waals surface area contributed by atoms with Crippen molar-refractivity contribution in [2.75, 3.05) is 6.54 Å². The maximum Gasteiger partial charge on any atom is 0.276 e. The van der Waals surface area contributed by atoms with E-state index in [4.69, 9.17) is 4.52 Å². The smallest absolute Gasteiger partial charge is 0.276 e. The van der Waals surface area contributed by atoms with Gasteiger partial charge in [0.15, 0.2) is 11.3 Å². The van der Waals surface area contributed by atoms with E-state index in [0.29, 0.717) is 35.8 Å². The van der Waals surface area contributed by atoms with Crippen LogP contribution in [0.25, 0.3) is 5.65 Å². The van der Waals surface area contributed by atoms with Crippen LogP contribution in [0.4, 0.5) is 0 Å². The fourth-order valence-corrected chi connectivity index (χ4v) is 3.33. The number of rotatable bonds is 3. The number of piperidine rings is 1. The second-order valence-corrected chi connectivity index (χ2v) is 6.22. The van der Waals surface area contributed by atoms with Gasteiger partial charge in [-0.3, -0.25) is 14.7 Å². The van der Waals surface area contributed by atoms with Gasteiger partial charge in [-0.15, -0.1) is 0 Å². The van der Waals surface area contributed by atoms with E-state index in [0.717, 1.165) is 19.3 Å². The zero-order valence-electron chi connectivity index (χ0n) is 13.9. The van der Waals surface area contributed by atoms with E-state index in [1.807, 2.05) is 6.92 Å². The Morgan fingerprint density at radius 1 is 1.40 bits per heavy atom. The standard InChI is InChI=1S/C17H19N5O3/c1-2-11-9-13(20-25-11)17(24)21-8-4-3-5-14(21)12-10-16(23)22-15(19-12)6-7-18-22/h6-7,9-10,14,18H,2-5,8H2,1H3/t14-/m0/s1. The minimum atomic E-state index is -0.226. The molecule has 0 unspecified atom stereocenters. The van der Waals surface area contributed by atoms with Gasteiger partial charge in [0.1, 0.15) is 5.76 Å². The second-order valence-electron chi connectivity index (χ2n) is 6.22. The van der Waals surface area contributed by atoms with Crippen molar-refractivity contribution >= 4 is 11.6 Å². The highest BCUT2D eigenvalue weighted by atomic mass is 16.5. The molecule has 0 aliphatic carbocycles. The summed E-state index contributed by atoms with van der Waals surface area (Å²) in [5.74, 6) is 0.506. The number of hydrogen-bond acceptors (Lipinski definition) is 5. The summed E-state index contributed by atoms with van der Waals surface area (Å²) in [5, 5.41) is 6.72. The molecule has 8 heteroatoms. The van der Waals surface area contributed by atoms with E-state index in [1.54, 1.807) is 23.2 Å². The lowest BCUT2D eigenvalue weighted by atomic mass is 9.98. The Morgan fingerprint density at radius 2 is 2.28 bits per heavy atom. The number of carbonyl (C=O) groups is 1. The van der Waals surface area contributed by atoms with Crippen molar-refractivity contribution in [3.8, 4) is 0 Å². The lowest BCUT2D eigenvalue weighted by Crippen LogP contribution is -2.39. The lowest BCUT2D eigenvalue weighted by Gasteiger charge is -2.34. The number of aromatic nitrogens is 4. The van der Waals surface area contributed by atoms with Crippen LogP contribution in [-0.4, -0.2) is 37.1 Å². The van der Waals surface area contributed by atoms with E-state index >= 15 is 0 Å². The summed E-state index contributed by atoms with van der Waals surface area (Å²) in [7, 11) is 0. The van der Waals surface area contributed by atoms with E-state index in [-0.39, 0.29) is 17.5 Å². The molecule has 0 spiro atoms. The third kappa shape index (κ3) is 2.73. The van der Waals surface area contributed by atoms with Crippen molar-refractivity contribution in [1.82, 2.24) is 24.7 Å². The van der Waals surface area contributed by atoms with Gasteiger partial charge in [-0.05, 0) is 19.3 Å². The lowest BCUT2D eigenvalue weighted by molar-refractivity contribution is 0.0595. The van der Waals surface area contributed by atoms with Gasteiger partial charge in [-0.1, -0.05) is 12.1 Å². The summed E-state index contributed by atoms with van der Waals surface area (Å²) < 4.78 is 6.54. The average Bonchev–Trinajstić information content (AvgIpc) is 3.30. The van der Waals surface area contributed by atoms with E-state index in [9.17, 15) is 9.59 Å². The van der Waals surface area contributed by atoms with Crippen LogP contribution in [0.5, 0.6) is 0 Å². The van der Waals surface area contributed by atoms with E-state index in [1.165, 1.54) is 10.6 Å². The molecule has 0 saturated carbocycles. The molecule has 0 bridgehead atoms. The first-order valence-electron chi connectivity index (χ1n) is 8.51. The Morgan fingerprint density at radius 3 is 3.08 bits per heavy atom. The van der Waals surface area contributed by atoms with Gasteiger partial charge in [-0.25, -0.2) is 9.50 Å². The Bertz CT molecular complexity index is 970. The van der Waals surface area contributed by atoms with Crippen LogP contribution in [-0.2, 0) is 6.42 Å². The number of aryl methyl sites for hydroxylation is 1. The minimum Gasteiger partial charge on any atom is -0.361 e. The summed E-state index contributed by atoms with van der Waals surface area (Å²) >= 11 is 0. The van der Waals surface area contributed by atoms with Gasteiger partial charge in [0.2, 0.25) is 0 Å². The molecule has 3 aromatic heterocycles. The third-order valence-corrected chi connectivity index (χ3v) is 4.63. The Balaban J connectivity index is 1.70. The molecule has 1 atom stereocenters. The highest BCUT2D eigenvalue weighted by molar-refractivity contribution is 5.92. The molecule has 8 nitrogen and oxygen atoms in total. The minimum absolute atomic E-state index is 0.177. The monoisotopic (exact) mass is 341 g/mol. The summed E-state index contributed by atoms with van der Waals surface area (Å²) in [4.78, 5) is 31.5. The highest BCUT2D eigenvalue weighted by Gasteiger charge is 2.31. The molecule has 1 N–H and O–H groups in total. The second kappa shape index (κ2) is 6.19. The number of H-pyrrole nitrogens is 1.